The molecule has 1 aromatic heterocycles. The number of hydrogen-bond donors (Lipinski definition) is 2. The lowest BCUT2D eigenvalue weighted by Crippen LogP contribution is -2.62. The van der Waals surface area contributed by atoms with Gasteiger partial charge in [-0.3, -0.25) is 0 Å². The molecular weight excluding hydrogens is 426 g/mol. The molecule has 0 amide bonds. The topological polar surface area (TPSA) is 86.2 Å². The number of nitrogens with one attached hydrogen (secondary N) is 1. The van der Waals surface area contributed by atoms with Crippen molar-refractivity contribution in [2.24, 2.45) is 10.2 Å². The second-order valence-corrected chi connectivity index (χ2v) is 10.9. The van der Waals surface area contributed by atoms with Crippen molar-refractivity contribution in [1.29, 1.82) is 0 Å². The number of aromatic hydroxyl groups is 1. The molecular formula is C27H37N5O2. The van der Waals surface area contributed by atoms with E-state index in [9.17, 15) is 5.11 Å². The summed E-state index contributed by atoms with van der Waals surface area (Å²) in [6, 6.07) is 5.79. The second kappa shape index (κ2) is 9.02. The molecule has 0 spiro atoms. The largest absolute Gasteiger partial charge is 0.507 e. The van der Waals surface area contributed by atoms with Crippen molar-refractivity contribution in [3.05, 3.63) is 47.4 Å². The Morgan fingerprint density at radius 3 is 2.44 bits per heavy atom. The van der Waals surface area contributed by atoms with Gasteiger partial charge in [-0.05, 0) is 78.2 Å². The van der Waals surface area contributed by atoms with Crippen LogP contribution in [0.5, 0.6) is 5.75 Å². The van der Waals surface area contributed by atoms with Crippen LogP contribution in [-0.4, -0.2) is 50.7 Å². The van der Waals surface area contributed by atoms with E-state index in [1.165, 1.54) is 5.57 Å². The van der Waals surface area contributed by atoms with Gasteiger partial charge in [0.1, 0.15) is 17.3 Å². The lowest BCUT2D eigenvalue weighted by Gasteiger charge is -2.49. The lowest BCUT2D eigenvalue weighted by atomic mass is 9.79. The SMILES string of the molecule is CCC1=CC(c2ccc(-c3ncc(C)o3)cc2O)=NN=C(N(C)C2CC(C)(C)NC(C)(C)C2)C1. The monoisotopic (exact) mass is 463 g/mol. The van der Waals surface area contributed by atoms with E-state index in [-0.39, 0.29) is 16.8 Å². The summed E-state index contributed by atoms with van der Waals surface area (Å²) in [5.74, 6) is 2.32. The Kier molecular flexibility index (Phi) is 6.42. The maximum Gasteiger partial charge on any atom is 0.226 e. The van der Waals surface area contributed by atoms with E-state index in [0.717, 1.165) is 42.8 Å². The molecule has 0 unspecified atom stereocenters. The van der Waals surface area contributed by atoms with Gasteiger partial charge in [0, 0.05) is 41.7 Å². The summed E-state index contributed by atoms with van der Waals surface area (Å²) in [6.45, 7) is 13.1. The molecule has 2 aliphatic heterocycles. The number of piperidine rings is 1. The first-order valence-electron chi connectivity index (χ1n) is 12.1. The Balaban J connectivity index is 1.64. The summed E-state index contributed by atoms with van der Waals surface area (Å²) in [6.07, 6.45) is 7.45. The molecule has 7 nitrogen and oxygen atoms in total. The van der Waals surface area contributed by atoms with E-state index < -0.39 is 0 Å². The summed E-state index contributed by atoms with van der Waals surface area (Å²) in [5.41, 5.74) is 3.38. The van der Waals surface area contributed by atoms with Crippen molar-refractivity contribution < 1.29 is 9.52 Å². The van der Waals surface area contributed by atoms with Crippen LogP contribution in [-0.2, 0) is 0 Å². The zero-order valence-electron chi connectivity index (χ0n) is 21.4. The quantitative estimate of drug-likeness (QED) is 0.631. The van der Waals surface area contributed by atoms with Crippen LogP contribution in [0.3, 0.4) is 0 Å². The molecule has 2 N–H and O–H groups in total. The van der Waals surface area contributed by atoms with Gasteiger partial charge < -0.3 is 19.7 Å². The van der Waals surface area contributed by atoms with Gasteiger partial charge in [-0.15, -0.1) is 10.2 Å². The van der Waals surface area contributed by atoms with E-state index in [4.69, 9.17) is 9.52 Å². The normalized spacial score (nSPS) is 20.3. The van der Waals surface area contributed by atoms with Crippen molar-refractivity contribution in [2.75, 3.05) is 7.05 Å². The second-order valence-electron chi connectivity index (χ2n) is 10.9. The summed E-state index contributed by atoms with van der Waals surface area (Å²) in [4.78, 5) is 6.57. The lowest BCUT2D eigenvalue weighted by molar-refractivity contribution is 0.113. The van der Waals surface area contributed by atoms with Gasteiger partial charge in [-0.25, -0.2) is 4.98 Å². The molecule has 0 saturated carbocycles. The molecule has 0 aliphatic carbocycles. The number of aryl methyl sites for hydroxylation is 1. The highest BCUT2D eigenvalue weighted by atomic mass is 16.4. The summed E-state index contributed by atoms with van der Waals surface area (Å²) in [5, 5.41) is 23.9. The summed E-state index contributed by atoms with van der Waals surface area (Å²) < 4.78 is 5.60. The van der Waals surface area contributed by atoms with Crippen LogP contribution in [0, 0.1) is 6.92 Å². The number of allylic oxidation sites excluding steroid dienone is 1. The number of aromatic nitrogens is 1. The molecule has 2 aromatic rings. The van der Waals surface area contributed by atoms with Gasteiger partial charge in [-0.1, -0.05) is 12.5 Å². The maximum absolute atomic E-state index is 10.8. The van der Waals surface area contributed by atoms with Gasteiger partial charge in [0.15, 0.2) is 0 Å². The van der Waals surface area contributed by atoms with Crippen LogP contribution >= 0.6 is 0 Å². The summed E-state index contributed by atoms with van der Waals surface area (Å²) in [7, 11) is 2.14. The molecule has 0 bridgehead atoms. The van der Waals surface area contributed by atoms with Crippen LogP contribution in [0.4, 0.5) is 0 Å². The smallest absolute Gasteiger partial charge is 0.226 e. The molecule has 34 heavy (non-hydrogen) atoms. The third kappa shape index (κ3) is 5.25. The third-order valence-electron chi connectivity index (χ3n) is 6.72. The average Bonchev–Trinajstić information content (AvgIpc) is 3.06. The van der Waals surface area contributed by atoms with Crippen LogP contribution < -0.4 is 5.32 Å². The number of rotatable bonds is 4. The third-order valence-corrected chi connectivity index (χ3v) is 6.72. The van der Waals surface area contributed by atoms with Crippen molar-refractivity contribution in [3.63, 3.8) is 0 Å². The van der Waals surface area contributed by atoms with Gasteiger partial charge >= 0.3 is 0 Å². The van der Waals surface area contributed by atoms with Gasteiger partial charge in [0.2, 0.25) is 5.89 Å². The first-order valence-corrected chi connectivity index (χ1v) is 12.1. The van der Waals surface area contributed by atoms with E-state index in [2.05, 4.69) is 68.0 Å². The first kappa shape index (κ1) is 24.2. The minimum Gasteiger partial charge on any atom is -0.507 e. The molecule has 3 heterocycles. The fourth-order valence-electron chi connectivity index (χ4n) is 5.30. The van der Waals surface area contributed by atoms with Crippen LogP contribution in [0.25, 0.3) is 11.5 Å². The van der Waals surface area contributed by atoms with E-state index in [0.29, 0.717) is 23.2 Å². The van der Waals surface area contributed by atoms with Crippen LogP contribution in [0.1, 0.15) is 71.6 Å². The zero-order valence-corrected chi connectivity index (χ0v) is 21.4. The Morgan fingerprint density at radius 2 is 1.85 bits per heavy atom. The standard InChI is InChI=1S/C27H37N5O2/c1-8-18-11-22(21-10-9-19(13-23(21)33)25-28-16-17(2)34-25)29-30-24(12-18)32(7)20-14-26(3,4)31-27(5,6)15-20/h9-11,13,16,20,31,33H,8,12,14-15H2,1-7H3. The predicted molar refractivity (Wildman–Crippen MR) is 137 cm³/mol. The van der Waals surface area contributed by atoms with E-state index in [1.807, 2.05) is 19.1 Å². The highest BCUT2D eigenvalue weighted by Crippen LogP contribution is 2.33. The molecule has 1 fully saturated rings. The van der Waals surface area contributed by atoms with Crippen molar-refractivity contribution in [2.45, 2.75) is 84.3 Å². The molecule has 2 aliphatic rings. The van der Waals surface area contributed by atoms with Crippen molar-refractivity contribution >= 4 is 11.5 Å². The molecule has 1 aromatic carbocycles. The number of phenols is 1. The highest BCUT2D eigenvalue weighted by Gasteiger charge is 2.40. The van der Waals surface area contributed by atoms with Gasteiger partial charge in [0.05, 0.1) is 11.9 Å². The highest BCUT2D eigenvalue weighted by molar-refractivity contribution is 6.12. The van der Waals surface area contributed by atoms with Gasteiger partial charge in [-0.2, -0.15) is 0 Å². The molecule has 0 atom stereocenters. The fourth-order valence-corrected chi connectivity index (χ4v) is 5.30. The molecule has 182 valence electrons. The van der Waals surface area contributed by atoms with E-state index >= 15 is 0 Å². The number of oxazole rings is 1. The summed E-state index contributed by atoms with van der Waals surface area (Å²) >= 11 is 0. The average molecular weight is 464 g/mol. The number of benzene rings is 1. The van der Waals surface area contributed by atoms with Gasteiger partial charge in [0.25, 0.3) is 0 Å². The number of amidine groups is 1. The Labute approximate surface area is 202 Å². The Hall–Kier alpha value is -2.93. The van der Waals surface area contributed by atoms with Crippen molar-refractivity contribution in [1.82, 2.24) is 15.2 Å². The predicted octanol–water partition coefficient (Wildman–Crippen LogP) is 5.44. The van der Waals surface area contributed by atoms with E-state index in [1.54, 1.807) is 12.3 Å². The number of phenolic OH excluding ortho intramolecular Hbond substituents is 1. The van der Waals surface area contributed by atoms with Crippen molar-refractivity contribution in [3.8, 4) is 17.2 Å². The Morgan fingerprint density at radius 1 is 1.15 bits per heavy atom. The van der Waals surface area contributed by atoms with Crippen LogP contribution in [0.15, 0.2) is 50.7 Å². The molecule has 4 rings (SSSR count). The number of nitrogens with zero attached hydrogens (tertiary/aromatic N) is 4. The maximum atomic E-state index is 10.8. The zero-order chi connectivity index (χ0) is 24.7. The fraction of sp³-hybridized carbons (Fsp3) is 0.519. The Bertz CT molecular complexity index is 1140. The van der Waals surface area contributed by atoms with Crippen LogP contribution in [0.2, 0.25) is 0 Å². The minimum atomic E-state index is 0.0543. The first-order chi connectivity index (χ1) is 16.0. The molecule has 7 heteroatoms. The number of hydrogen-bond acceptors (Lipinski definition) is 7. The minimum absolute atomic E-state index is 0.0543. The molecule has 0 radical (unpaired) electrons. The molecule has 1 saturated heterocycles.